The smallest absolute Gasteiger partial charge is 0.274 e. The maximum Gasteiger partial charge on any atom is 0.274 e. The van der Waals surface area contributed by atoms with E-state index in [1.54, 1.807) is 16.8 Å². The fourth-order valence-corrected chi connectivity index (χ4v) is 2.19. The summed E-state index contributed by atoms with van der Waals surface area (Å²) in [6.45, 7) is 1.52. The zero-order valence-corrected chi connectivity index (χ0v) is 11.9. The van der Waals surface area contributed by atoms with E-state index in [4.69, 9.17) is 0 Å². The number of aromatic nitrogens is 3. The van der Waals surface area contributed by atoms with Crippen molar-refractivity contribution in [3.05, 3.63) is 65.6 Å². The number of halogens is 3. The van der Waals surface area contributed by atoms with E-state index in [0.717, 1.165) is 12.1 Å². The molecule has 3 rings (SSSR count). The van der Waals surface area contributed by atoms with Crippen molar-refractivity contribution in [2.45, 2.75) is 13.0 Å². The molecule has 0 saturated heterocycles. The van der Waals surface area contributed by atoms with Gasteiger partial charge in [0.25, 0.3) is 5.91 Å². The van der Waals surface area contributed by atoms with Gasteiger partial charge in [-0.2, -0.15) is 0 Å². The Morgan fingerprint density at radius 3 is 2.39 bits per heavy atom. The van der Waals surface area contributed by atoms with E-state index in [-0.39, 0.29) is 11.3 Å². The summed E-state index contributed by atoms with van der Waals surface area (Å²) in [6.07, 6.45) is 6.24. The van der Waals surface area contributed by atoms with Gasteiger partial charge < -0.3 is 9.72 Å². The van der Waals surface area contributed by atoms with Crippen LogP contribution in [0, 0.1) is 17.5 Å². The van der Waals surface area contributed by atoms with E-state index >= 15 is 0 Å². The third-order valence-corrected chi connectivity index (χ3v) is 3.38. The minimum Gasteiger partial charge on any atom is -0.344 e. The Bertz CT molecular complexity index is 870. The fourth-order valence-electron chi connectivity index (χ4n) is 2.19. The third-order valence-electron chi connectivity index (χ3n) is 3.38. The molecule has 1 amide bonds. The Labute approximate surface area is 128 Å². The van der Waals surface area contributed by atoms with Crippen LogP contribution in [0.5, 0.6) is 0 Å². The highest BCUT2D eigenvalue weighted by atomic mass is 19.2. The largest absolute Gasteiger partial charge is 0.344 e. The topological polar surface area (TPSA) is 59.3 Å². The summed E-state index contributed by atoms with van der Waals surface area (Å²) in [6, 6.07) is 0.934. The lowest BCUT2D eigenvalue weighted by atomic mass is 10.1. The maximum absolute atomic E-state index is 13.3. The van der Waals surface area contributed by atoms with Crippen molar-refractivity contribution in [1.82, 2.24) is 19.7 Å². The fraction of sp³-hybridized carbons (Fsp3) is 0.133. The number of hydrogen-bond donors (Lipinski definition) is 1. The van der Waals surface area contributed by atoms with Crippen molar-refractivity contribution in [1.29, 1.82) is 0 Å². The molecule has 0 aliphatic rings. The molecule has 8 heteroatoms. The van der Waals surface area contributed by atoms with E-state index in [9.17, 15) is 18.0 Å². The molecule has 0 fully saturated rings. The highest BCUT2D eigenvalue weighted by Gasteiger charge is 2.19. The molecule has 118 valence electrons. The number of benzene rings is 1. The summed E-state index contributed by atoms with van der Waals surface area (Å²) in [5.41, 5.74) is 0.533. The first-order chi connectivity index (χ1) is 11.0. The number of nitrogens with one attached hydrogen (secondary N) is 1. The van der Waals surface area contributed by atoms with E-state index in [0.29, 0.717) is 5.65 Å². The molecular weight excluding hydrogens is 309 g/mol. The number of fused-ring (bicyclic) bond motifs is 1. The van der Waals surface area contributed by atoms with E-state index in [1.807, 2.05) is 0 Å². The molecule has 1 unspecified atom stereocenters. The molecule has 0 spiro atoms. The van der Waals surface area contributed by atoms with Gasteiger partial charge in [0.2, 0.25) is 0 Å². The molecule has 0 aliphatic carbocycles. The molecule has 0 saturated carbocycles. The second-order valence-corrected chi connectivity index (χ2v) is 4.93. The average molecular weight is 320 g/mol. The molecule has 0 radical (unpaired) electrons. The molecule has 2 heterocycles. The molecule has 5 nitrogen and oxygen atoms in total. The Kier molecular flexibility index (Phi) is 3.73. The molecule has 1 N–H and O–H groups in total. The van der Waals surface area contributed by atoms with Crippen LogP contribution in [0.25, 0.3) is 5.65 Å². The van der Waals surface area contributed by atoms with Crippen LogP contribution < -0.4 is 5.32 Å². The Balaban J connectivity index is 1.87. The van der Waals surface area contributed by atoms with Gasteiger partial charge in [-0.15, -0.1) is 0 Å². The number of rotatable bonds is 3. The number of imidazole rings is 1. The summed E-state index contributed by atoms with van der Waals surface area (Å²) in [4.78, 5) is 20.3. The molecule has 1 atom stereocenters. The normalized spacial score (nSPS) is 12.3. The van der Waals surface area contributed by atoms with Gasteiger partial charge in [-0.1, -0.05) is 0 Å². The first kappa shape index (κ1) is 15.0. The number of carbonyl (C=O) groups excluding carboxylic acids is 1. The lowest BCUT2D eigenvalue weighted by molar-refractivity contribution is 0.0936. The van der Waals surface area contributed by atoms with Gasteiger partial charge in [0.05, 0.1) is 6.04 Å². The van der Waals surface area contributed by atoms with Crippen molar-refractivity contribution in [3.8, 4) is 0 Å². The number of amides is 1. The number of carbonyl (C=O) groups is 1. The molecular formula is C15H11F3N4O. The van der Waals surface area contributed by atoms with Crippen LogP contribution in [-0.4, -0.2) is 20.3 Å². The zero-order chi connectivity index (χ0) is 16.6. The van der Waals surface area contributed by atoms with Crippen LogP contribution in [-0.2, 0) is 0 Å². The van der Waals surface area contributed by atoms with Crippen molar-refractivity contribution in [2.24, 2.45) is 0 Å². The van der Waals surface area contributed by atoms with Gasteiger partial charge in [0, 0.05) is 24.8 Å². The Morgan fingerprint density at radius 1 is 1.13 bits per heavy atom. The summed E-state index contributed by atoms with van der Waals surface area (Å²) < 4.78 is 41.1. The van der Waals surface area contributed by atoms with Crippen LogP contribution in [0.1, 0.15) is 29.0 Å². The van der Waals surface area contributed by atoms with Crippen LogP contribution in [0.4, 0.5) is 13.2 Å². The minimum absolute atomic E-state index is 0.0763. The zero-order valence-electron chi connectivity index (χ0n) is 11.9. The van der Waals surface area contributed by atoms with Crippen LogP contribution in [0.15, 0.2) is 36.9 Å². The second-order valence-electron chi connectivity index (χ2n) is 4.93. The van der Waals surface area contributed by atoms with E-state index in [1.165, 1.54) is 19.3 Å². The maximum atomic E-state index is 13.3. The summed E-state index contributed by atoms with van der Waals surface area (Å²) >= 11 is 0. The van der Waals surface area contributed by atoms with Gasteiger partial charge in [0.15, 0.2) is 28.8 Å². The van der Waals surface area contributed by atoms with Gasteiger partial charge in [-0.25, -0.2) is 23.1 Å². The molecule has 1 aromatic carbocycles. The lowest BCUT2D eigenvalue weighted by Crippen LogP contribution is -2.28. The first-order valence-corrected chi connectivity index (χ1v) is 6.70. The molecule has 3 aromatic rings. The number of hydrogen-bond acceptors (Lipinski definition) is 3. The van der Waals surface area contributed by atoms with Crippen molar-refractivity contribution in [3.63, 3.8) is 0 Å². The van der Waals surface area contributed by atoms with Crippen molar-refractivity contribution < 1.29 is 18.0 Å². The van der Waals surface area contributed by atoms with Gasteiger partial charge in [-0.05, 0) is 24.6 Å². The third kappa shape index (κ3) is 2.75. The van der Waals surface area contributed by atoms with Crippen LogP contribution >= 0.6 is 0 Å². The predicted octanol–water partition coefficient (Wildman–Crippen LogP) is 2.64. The van der Waals surface area contributed by atoms with E-state index in [2.05, 4.69) is 15.3 Å². The van der Waals surface area contributed by atoms with Crippen LogP contribution in [0.3, 0.4) is 0 Å². The SMILES string of the molecule is CC(NC(=O)c1nccn2ccnc12)c1cc(F)c(F)c(F)c1. The van der Waals surface area contributed by atoms with Crippen molar-refractivity contribution in [2.75, 3.05) is 0 Å². The van der Waals surface area contributed by atoms with Crippen molar-refractivity contribution >= 4 is 11.6 Å². The molecule has 23 heavy (non-hydrogen) atoms. The van der Waals surface area contributed by atoms with Crippen LogP contribution in [0.2, 0.25) is 0 Å². The van der Waals surface area contributed by atoms with Gasteiger partial charge in [-0.3, -0.25) is 4.79 Å². The number of nitrogens with zero attached hydrogens (tertiary/aromatic N) is 3. The Morgan fingerprint density at radius 2 is 1.74 bits per heavy atom. The van der Waals surface area contributed by atoms with Gasteiger partial charge in [0.1, 0.15) is 0 Å². The highest BCUT2D eigenvalue weighted by Crippen LogP contribution is 2.19. The monoisotopic (exact) mass is 320 g/mol. The predicted molar refractivity (Wildman–Crippen MR) is 75.2 cm³/mol. The first-order valence-electron chi connectivity index (χ1n) is 6.70. The van der Waals surface area contributed by atoms with E-state index < -0.39 is 29.4 Å². The minimum atomic E-state index is -1.55. The summed E-state index contributed by atoms with van der Waals surface area (Å²) in [7, 11) is 0. The summed E-state index contributed by atoms with van der Waals surface area (Å²) in [5, 5.41) is 2.56. The Hall–Kier alpha value is -2.90. The highest BCUT2D eigenvalue weighted by molar-refractivity contribution is 5.97. The quantitative estimate of drug-likeness (QED) is 0.755. The molecule has 0 aliphatic heterocycles. The average Bonchev–Trinajstić information content (AvgIpc) is 3.00. The molecule has 2 aromatic heterocycles. The second kappa shape index (κ2) is 5.71. The standard InChI is InChI=1S/C15H11F3N4O/c1-8(9-6-10(16)12(18)11(17)7-9)21-15(23)13-14-20-3-5-22(14)4-2-19-13/h2-8H,1H3,(H,21,23). The summed E-state index contributed by atoms with van der Waals surface area (Å²) in [5.74, 6) is -4.72. The van der Waals surface area contributed by atoms with Gasteiger partial charge >= 0.3 is 0 Å². The lowest BCUT2D eigenvalue weighted by Gasteiger charge is -2.14. The molecule has 0 bridgehead atoms.